The number of nitrogens with zero attached hydrogens (tertiary/aromatic N) is 1. The first-order valence-electron chi connectivity index (χ1n) is 8.65. The molecule has 0 aliphatic carbocycles. The van der Waals surface area contributed by atoms with Crippen LogP contribution < -0.4 is 11.1 Å². The van der Waals surface area contributed by atoms with Crippen molar-refractivity contribution in [3.05, 3.63) is 40.7 Å². The number of nitrogens with one attached hydrogen (secondary N) is 1. The maximum atomic E-state index is 12.6. The Balaban J connectivity index is 0.00000261. The lowest BCUT2D eigenvalue weighted by molar-refractivity contribution is 0.0953. The number of nitrogens with two attached hydrogens (primary N) is 1. The number of rotatable bonds is 7. The fourth-order valence-corrected chi connectivity index (χ4v) is 5.90. The molecule has 3 rings (SSSR count). The van der Waals surface area contributed by atoms with Crippen molar-refractivity contribution in [3.8, 4) is 0 Å². The van der Waals surface area contributed by atoms with Gasteiger partial charge in [-0.3, -0.25) is 4.79 Å². The largest absolute Gasteiger partial charge is 0.467 e. The fraction of sp³-hybridized carbons (Fsp3) is 0.471. The quantitative estimate of drug-likeness (QED) is 0.697. The van der Waals surface area contributed by atoms with Crippen LogP contribution in [0.1, 0.15) is 40.3 Å². The van der Waals surface area contributed by atoms with Crippen LogP contribution in [-0.2, 0) is 23.0 Å². The molecule has 7 nitrogen and oxygen atoms in total. The van der Waals surface area contributed by atoms with E-state index in [1.54, 1.807) is 16.4 Å². The van der Waals surface area contributed by atoms with Gasteiger partial charge in [-0.25, -0.2) is 8.42 Å². The number of thiophene rings is 1. The molecule has 3 heterocycles. The van der Waals surface area contributed by atoms with E-state index < -0.39 is 10.0 Å². The zero-order valence-electron chi connectivity index (χ0n) is 14.8. The van der Waals surface area contributed by atoms with Gasteiger partial charge in [0.2, 0.25) is 0 Å². The predicted octanol–water partition coefficient (Wildman–Crippen LogP) is 2.37. The second-order valence-electron chi connectivity index (χ2n) is 6.20. The lowest BCUT2D eigenvalue weighted by atomic mass is 10.2. The third-order valence-corrected chi connectivity index (χ3v) is 7.83. The van der Waals surface area contributed by atoms with Crippen LogP contribution in [0.15, 0.2) is 33.1 Å². The van der Waals surface area contributed by atoms with Crippen molar-refractivity contribution in [1.82, 2.24) is 9.62 Å². The monoisotopic (exact) mass is 433 g/mol. The van der Waals surface area contributed by atoms with E-state index in [1.807, 2.05) is 6.07 Å². The Labute approximate surface area is 169 Å². The first kappa shape index (κ1) is 21.9. The SMILES string of the molecule is Cl.NCc1cc(C(=O)NCCc2ccc(S(=O)(=O)N3CCCCC3)s2)co1. The van der Waals surface area contributed by atoms with E-state index in [0.29, 0.717) is 41.6 Å². The van der Waals surface area contributed by atoms with Crippen molar-refractivity contribution in [2.45, 2.75) is 36.4 Å². The molecular formula is C17H24ClN3O4S2. The van der Waals surface area contributed by atoms with E-state index in [9.17, 15) is 13.2 Å². The standard InChI is InChI=1S/C17H23N3O4S2.ClH/c18-11-14-10-13(12-24-14)17(21)19-7-6-15-4-5-16(25-15)26(22,23)20-8-2-1-3-9-20;/h4-5,10,12H,1-3,6-9,11,18H2,(H,19,21);1H. The second kappa shape index (κ2) is 9.70. The minimum Gasteiger partial charge on any atom is -0.467 e. The van der Waals surface area contributed by atoms with E-state index in [1.165, 1.54) is 17.6 Å². The van der Waals surface area contributed by atoms with E-state index in [0.717, 1.165) is 24.1 Å². The summed E-state index contributed by atoms with van der Waals surface area (Å²) in [6.45, 7) is 1.87. The fourth-order valence-electron chi connectivity index (χ4n) is 2.87. The van der Waals surface area contributed by atoms with E-state index >= 15 is 0 Å². The van der Waals surface area contributed by atoms with E-state index in [2.05, 4.69) is 5.32 Å². The second-order valence-corrected chi connectivity index (χ2v) is 9.53. The molecule has 1 aliphatic heterocycles. The molecule has 150 valence electrons. The molecule has 2 aromatic rings. The van der Waals surface area contributed by atoms with Crippen molar-refractivity contribution in [2.24, 2.45) is 5.73 Å². The molecule has 0 aromatic carbocycles. The van der Waals surface area contributed by atoms with Gasteiger partial charge in [0.05, 0.1) is 12.1 Å². The van der Waals surface area contributed by atoms with Gasteiger partial charge < -0.3 is 15.5 Å². The van der Waals surface area contributed by atoms with Crippen molar-refractivity contribution >= 4 is 39.7 Å². The van der Waals surface area contributed by atoms with Gasteiger partial charge in [-0.05, 0) is 37.5 Å². The molecule has 0 saturated carbocycles. The molecule has 0 radical (unpaired) electrons. The molecule has 1 aliphatic rings. The molecule has 0 spiro atoms. The number of halogens is 1. The zero-order chi connectivity index (χ0) is 18.6. The number of furan rings is 1. The summed E-state index contributed by atoms with van der Waals surface area (Å²) in [6, 6.07) is 5.09. The number of amides is 1. The van der Waals surface area contributed by atoms with Gasteiger partial charge in [-0.1, -0.05) is 6.42 Å². The third-order valence-electron chi connectivity index (χ3n) is 4.32. The normalized spacial score (nSPS) is 15.3. The Morgan fingerprint density at radius 2 is 2.00 bits per heavy atom. The van der Waals surface area contributed by atoms with Crippen LogP contribution in [0.4, 0.5) is 0 Å². The van der Waals surface area contributed by atoms with Crippen LogP contribution in [0.25, 0.3) is 0 Å². The molecule has 0 atom stereocenters. The van der Waals surface area contributed by atoms with Gasteiger partial charge in [0.15, 0.2) is 0 Å². The van der Waals surface area contributed by atoms with Crippen LogP contribution in [0.5, 0.6) is 0 Å². The molecule has 2 aromatic heterocycles. The van der Waals surface area contributed by atoms with Crippen LogP contribution in [0.2, 0.25) is 0 Å². The molecular weight excluding hydrogens is 410 g/mol. The van der Waals surface area contributed by atoms with Crippen molar-refractivity contribution < 1.29 is 17.6 Å². The Morgan fingerprint density at radius 3 is 2.67 bits per heavy atom. The Hall–Kier alpha value is -1.39. The maximum Gasteiger partial charge on any atom is 0.254 e. The van der Waals surface area contributed by atoms with Crippen LogP contribution in [0, 0.1) is 0 Å². The smallest absolute Gasteiger partial charge is 0.254 e. The minimum absolute atomic E-state index is 0. The first-order chi connectivity index (χ1) is 12.5. The Bertz CT molecular complexity index is 857. The van der Waals surface area contributed by atoms with Gasteiger partial charge in [-0.2, -0.15) is 4.31 Å². The van der Waals surface area contributed by atoms with Crippen LogP contribution >= 0.6 is 23.7 Å². The van der Waals surface area contributed by atoms with Crippen LogP contribution in [0.3, 0.4) is 0 Å². The number of hydrogen-bond donors (Lipinski definition) is 2. The van der Waals surface area contributed by atoms with Gasteiger partial charge in [-0.15, -0.1) is 23.7 Å². The molecule has 0 bridgehead atoms. The number of carbonyl (C=O) groups is 1. The summed E-state index contributed by atoms with van der Waals surface area (Å²) in [7, 11) is -3.39. The number of piperidine rings is 1. The summed E-state index contributed by atoms with van der Waals surface area (Å²) in [5.41, 5.74) is 5.89. The molecule has 1 amide bonds. The topological polar surface area (TPSA) is 106 Å². The summed E-state index contributed by atoms with van der Waals surface area (Å²) < 4.78 is 32.4. The highest BCUT2D eigenvalue weighted by Crippen LogP contribution is 2.27. The number of carbonyl (C=O) groups excluding carboxylic acids is 1. The minimum atomic E-state index is -3.39. The molecule has 1 fully saturated rings. The van der Waals surface area contributed by atoms with Crippen LogP contribution in [-0.4, -0.2) is 38.3 Å². The lowest BCUT2D eigenvalue weighted by Crippen LogP contribution is -2.35. The number of sulfonamides is 1. The lowest BCUT2D eigenvalue weighted by Gasteiger charge is -2.25. The Morgan fingerprint density at radius 1 is 1.26 bits per heavy atom. The summed E-state index contributed by atoms with van der Waals surface area (Å²) >= 11 is 1.27. The van der Waals surface area contributed by atoms with Crippen molar-refractivity contribution in [3.63, 3.8) is 0 Å². The highest BCUT2D eigenvalue weighted by molar-refractivity contribution is 7.91. The molecule has 1 saturated heterocycles. The summed E-state index contributed by atoms with van der Waals surface area (Å²) in [5.74, 6) is 0.326. The summed E-state index contributed by atoms with van der Waals surface area (Å²) in [6.07, 6.45) is 4.89. The molecule has 27 heavy (non-hydrogen) atoms. The predicted molar refractivity (Wildman–Crippen MR) is 107 cm³/mol. The molecule has 10 heteroatoms. The Kier molecular flexibility index (Phi) is 7.87. The van der Waals surface area contributed by atoms with Gasteiger partial charge in [0.1, 0.15) is 16.2 Å². The van der Waals surface area contributed by atoms with Gasteiger partial charge in [0, 0.05) is 24.5 Å². The first-order valence-corrected chi connectivity index (χ1v) is 10.9. The average molecular weight is 434 g/mol. The number of hydrogen-bond acceptors (Lipinski definition) is 6. The highest BCUT2D eigenvalue weighted by Gasteiger charge is 2.27. The van der Waals surface area contributed by atoms with Crippen molar-refractivity contribution in [2.75, 3.05) is 19.6 Å². The zero-order valence-corrected chi connectivity index (χ0v) is 17.3. The van der Waals surface area contributed by atoms with E-state index in [4.69, 9.17) is 10.2 Å². The van der Waals surface area contributed by atoms with Crippen molar-refractivity contribution in [1.29, 1.82) is 0 Å². The average Bonchev–Trinajstić information content (AvgIpc) is 3.32. The van der Waals surface area contributed by atoms with Gasteiger partial charge in [0.25, 0.3) is 15.9 Å². The maximum absolute atomic E-state index is 12.6. The van der Waals surface area contributed by atoms with Gasteiger partial charge >= 0.3 is 0 Å². The highest BCUT2D eigenvalue weighted by atomic mass is 35.5. The summed E-state index contributed by atoms with van der Waals surface area (Å²) in [5, 5.41) is 2.80. The molecule has 3 N–H and O–H groups in total. The summed E-state index contributed by atoms with van der Waals surface area (Å²) in [4.78, 5) is 13.0. The molecule has 0 unspecified atom stereocenters. The van der Waals surface area contributed by atoms with E-state index in [-0.39, 0.29) is 24.9 Å². The third kappa shape index (κ3) is 5.32.